The molecule has 2 heteroatoms. The van der Waals surface area contributed by atoms with E-state index in [2.05, 4.69) is 50.9 Å². The minimum atomic E-state index is 0.739. The fourth-order valence-corrected chi connectivity index (χ4v) is 1.10. The first-order valence-electron chi connectivity index (χ1n) is 3.31. The molecule has 0 saturated heterocycles. The summed E-state index contributed by atoms with van der Waals surface area (Å²) < 4.78 is 0. The second kappa shape index (κ2) is 7.55. The van der Waals surface area contributed by atoms with Gasteiger partial charge in [0.25, 0.3) is 0 Å². The molecule has 0 rings (SSSR count). The molecule has 0 aliphatic carbocycles. The molecule has 0 fully saturated rings. The Labute approximate surface area is 79.6 Å². The third kappa shape index (κ3) is 6.56. The van der Waals surface area contributed by atoms with E-state index in [9.17, 15) is 0 Å². The Kier molecular flexibility index (Phi) is 7.88. The van der Waals surface area contributed by atoms with Gasteiger partial charge in [-0.1, -0.05) is 50.9 Å². The van der Waals surface area contributed by atoms with Gasteiger partial charge < -0.3 is 0 Å². The first-order valence-corrected chi connectivity index (χ1v) is 5.14. The van der Waals surface area contributed by atoms with Crippen molar-refractivity contribution in [3.05, 3.63) is 22.1 Å². The van der Waals surface area contributed by atoms with Crippen LogP contribution in [-0.2, 0) is 0 Å². The van der Waals surface area contributed by atoms with Crippen molar-refractivity contribution in [1.29, 1.82) is 0 Å². The lowest BCUT2D eigenvalue weighted by Crippen LogP contribution is -1.88. The van der Waals surface area contributed by atoms with Crippen molar-refractivity contribution in [3.8, 4) is 0 Å². The van der Waals surface area contributed by atoms with Crippen LogP contribution in [0.15, 0.2) is 22.1 Å². The Bertz CT molecular complexity index is 102. The maximum absolute atomic E-state index is 3.24. The average Bonchev–Trinajstić information content (AvgIpc) is 1.97. The Morgan fingerprint density at radius 1 is 1.10 bits per heavy atom. The molecule has 0 unspecified atom stereocenters. The first-order chi connectivity index (χ1) is 4.81. The van der Waals surface area contributed by atoms with Gasteiger partial charge in [0, 0.05) is 0 Å². The fourth-order valence-electron chi connectivity index (χ4n) is 0.664. The molecule has 0 bridgehead atoms. The van der Waals surface area contributed by atoms with Gasteiger partial charge in [0.15, 0.2) is 0 Å². The van der Waals surface area contributed by atoms with Crippen molar-refractivity contribution >= 4 is 31.9 Å². The second-order valence-electron chi connectivity index (χ2n) is 2.30. The number of allylic oxidation sites excluding steroid dienone is 2. The molecule has 0 nitrogen and oxygen atoms in total. The molecule has 0 N–H and O–H groups in total. The van der Waals surface area contributed by atoms with Crippen LogP contribution in [-0.4, -0.2) is 0 Å². The highest BCUT2D eigenvalue weighted by atomic mass is 79.9. The van der Waals surface area contributed by atoms with Crippen LogP contribution < -0.4 is 0 Å². The van der Waals surface area contributed by atoms with Crippen molar-refractivity contribution in [2.45, 2.75) is 19.8 Å². The van der Waals surface area contributed by atoms with Gasteiger partial charge in [-0.05, 0) is 28.7 Å². The van der Waals surface area contributed by atoms with Crippen molar-refractivity contribution < 1.29 is 0 Å². The highest BCUT2D eigenvalue weighted by Crippen LogP contribution is 2.09. The summed E-state index contributed by atoms with van der Waals surface area (Å²) in [4.78, 5) is 3.84. The molecule has 0 spiro atoms. The minimum Gasteiger partial charge on any atom is -0.0773 e. The normalized spacial score (nSPS) is 12.4. The lowest BCUT2D eigenvalue weighted by atomic mass is 10.0. The third-order valence-corrected chi connectivity index (χ3v) is 2.00. The zero-order chi connectivity index (χ0) is 7.82. The summed E-state index contributed by atoms with van der Waals surface area (Å²) in [5.74, 6) is 0.739. The summed E-state index contributed by atoms with van der Waals surface area (Å²) >= 11 is 6.48. The van der Waals surface area contributed by atoms with E-state index in [1.165, 1.54) is 0 Å². The predicted molar refractivity (Wildman–Crippen MR) is 54.5 cm³/mol. The van der Waals surface area contributed by atoms with Crippen molar-refractivity contribution in [2.24, 2.45) is 5.92 Å². The van der Waals surface area contributed by atoms with Crippen LogP contribution in [0.2, 0.25) is 0 Å². The van der Waals surface area contributed by atoms with Crippen molar-refractivity contribution in [3.63, 3.8) is 0 Å². The Hall–Kier alpha value is 0.440. The lowest BCUT2D eigenvalue weighted by Gasteiger charge is -2.02. The zero-order valence-electron chi connectivity index (χ0n) is 6.06. The molecule has 0 atom stereocenters. The molecule has 58 valence electrons. The van der Waals surface area contributed by atoms with Crippen LogP contribution in [0.3, 0.4) is 0 Å². The van der Waals surface area contributed by atoms with Gasteiger partial charge in [-0.15, -0.1) is 0 Å². The minimum absolute atomic E-state index is 0.739. The van der Waals surface area contributed by atoms with Crippen LogP contribution in [0, 0.1) is 5.92 Å². The summed E-state index contributed by atoms with van der Waals surface area (Å²) in [5.41, 5.74) is 0. The van der Waals surface area contributed by atoms with E-state index in [-0.39, 0.29) is 0 Å². The molecule has 0 aliphatic heterocycles. The molecule has 0 saturated carbocycles. The van der Waals surface area contributed by atoms with Gasteiger partial charge in [0.1, 0.15) is 0 Å². The highest BCUT2D eigenvalue weighted by Gasteiger charge is 1.94. The first kappa shape index (κ1) is 10.4. The Balaban J connectivity index is 3.33. The maximum atomic E-state index is 3.24. The van der Waals surface area contributed by atoms with E-state index < -0.39 is 0 Å². The number of rotatable bonds is 4. The molecule has 0 amide bonds. The standard InChI is InChI=1S/C8H12Br2/c1-8(4-2-6-9)5-3-7-10/h2-3,6-8H,4-5H2,1H3/b6-2+,7-3+. The molecule has 0 heterocycles. The maximum Gasteiger partial charge on any atom is -0.0229 e. The molecule has 0 aromatic heterocycles. The average molecular weight is 268 g/mol. The number of hydrogen-bond acceptors (Lipinski definition) is 0. The number of halogens is 2. The summed E-state index contributed by atoms with van der Waals surface area (Å²) in [6.07, 6.45) is 6.55. The van der Waals surface area contributed by atoms with Crippen LogP contribution in [0.5, 0.6) is 0 Å². The van der Waals surface area contributed by atoms with E-state index in [1.54, 1.807) is 0 Å². The van der Waals surface area contributed by atoms with E-state index in [0.29, 0.717) is 0 Å². The Morgan fingerprint density at radius 2 is 1.50 bits per heavy atom. The number of hydrogen-bond donors (Lipinski definition) is 0. The second-order valence-corrected chi connectivity index (χ2v) is 3.36. The van der Waals surface area contributed by atoms with Crippen LogP contribution >= 0.6 is 31.9 Å². The van der Waals surface area contributed by atoms with E-state index in [4.69, 9.17) is 0 Å². The van der Waals surface area contributed by atoms with Gasteiger partial charge in [0.05, 0.1) is 0 Å². The van der Waals surface area contributed by atoms with Gasteiger partial charge >= 0.3 is 0 Å². The molecule has 0 aromatic rings. The quantitative estimate of drug-likeness (QED) is 0.716. The van der Waals surface area contributed by atoms with Crippen LogP contribution in [0.4, 0.5) is 0 Å². The van der Waals surface area contributed by atoms with Gasteiger partial charge in [-0.2, -0.15) is 0 Å². The van der Waals surface area contributed by atoms with Gasteiger partial charge in [-0.3, -0.25) is 0 Å². The third-order valence-electron chi connectivity index (χ3n) is 1.26. The summed E-state index contributed by atoms with van der Waals surface area (Å²) in [6.45, 7) is 2.24. The molecular weight excluding hydrogens is 256 g/mol. The summed E-state index contributed by atoms with van der Waals surface area (Å²) in [5, 5.41) is 0. The fraction of sp³-hybridized carbons (Fsp3) is 0.500. The molecule has 10 heavy (non-hydrogen) atoms. The molecular formula is C8H12Br2. The predicted octanol–water partition coefficient (Wildman–Crippen LogP) is 4.22. The Morgan fingerprint density at radius 3 is 1.80 bits per heavy atom. The van der Waals surface area contributed by atoms with E-state index in [1.807, 2.05) is 9.97 Å². The van der Waals surface area contributed by atoms with E-state index >= 15 is 0 Å². The highest BCUT2D eigenvalue weighted by molar-refractivity contribution is 9.11. The van der Waals surface area contributed by atoms with Crippen LogP contribution in [0.25, 0.3) is 0 Å². The van der Waals surface area contributed by atoms with Gasteiger partial charge in [0.2, 0.25) is 0 Å². The topological polar surface area (TPSA) is 0 Å². The monoisotopic (exact) mass is 266 g/mol. The summed E-state index contributed by atoms with van der Waals surface area (Å²) in [6, 6.07) is 0. The lowest BCUT2D eigenvalue weighted by molar-refractivity contribution is 0.604. The van der Waals surface area contributed by atoms with Crippen molar-refractivity contribution in [1.82, 2.24) is 0 Å². The largest absolute Gasteiger partial charge is 0.0773 e. The zero-order valence-corrected chi connectivity index (χ0v) is 9.23. The molecule has 0 aliphatic rings. The van der Waals surface area contributed by atoms with Crippen LogP contribution in [0.1, 0.15) is 19.8 Å². The van der Waals surface area contributed by atoms with E-state index in [0.717, 1.165) is 18.8 Å². The van der Waals surface area contributed by atoms with Gasteiger partial charge in [-0.25, -0.2) is 0 Å². The SMILES string of the molecule is CC(C/C=C/Br)C/C=C/Br. The molecule has 0 aromatic carbocycles. The smallest absolute Gasteiger partial charge is 0.0229 e. The van der Waals surface area contributed by atoms with Crippen molar-refractivity contribution in [2.75, 3.05) is 0 Å². The molecule has 0 radical (unpaired) electrons. The summed E-state index contributed by atoms with van der Waals surface area (Å²) in [7, 11) is 0.